The van der Waals surface area contributed by atoms with E-state index >= 15 is 0 Å². The molecule has 0 aliphatic rings. The molecule has 1 aromatic carbocycles. The van der Waals surface area contributed by atoms with E-state index in [0.29, 0.717) is 28.4 Å². The van der Waals surface area contributed by atoms with Crippen molar-refractivity contribution in [3.63, 3.8) is 0 Å². The Morgan fingerprint density at radius 1 is 1.09 bits per heavy atom. The first-order valence-corrected chi connectivity index (χ1v) is 6.43. The number of rotatable bonds is 5. The fraction of sp³-hybridized carbons (Fsp3) is 0.0667. The molecule has 0 unspecified atom stereocenters. The normalized spacial score (nSPS) is 10.7. The van der Waals surface area contributed by atoms with Gasteiger partial charge in [0.05, 0.1) is 12.7 Å². The number of aliphatic hydroxyl groups is 1. The van der Waals surface area contributed by atoms with Crippen LogP contribution in [0.2, 0.25) is 0 Å². The molecule has 5 N–H and O–H groups in total. The highest BCUT2D eigenvalue weighted by atomic mass is 16.8. The molecular weight excluding hydrogens is 288 g/mol. The number of fused-ring (bicyclic) bond motifs is 1. The third-order valence-corrected chi connectivity index (χ3v) is 3.20. The molecule has 0 radical (unpaired) electrons. The van der Waals surface area contributed by atoms with Crippen molar-refractivity contribution in [2.24, 2.45) is 11.8 Å². The van der Waals surface area contributed by atoms with Gasteiger partial charge in [-0.05, 0) is 18.2 Å². The summed E-state index contributed by atoms with van der Waals surface area (Å²) < 4.78 is 11.4. The predicted molar refractivity (Wildman–Crippen MR) is 78.4 cm³/mol. The second kappa shape index (κ2) is 5.94. The predicted octanol–water partition coefficient (Wildman–Crippen LogP) is 2.26. The van der Waals surface area contributed by atoms with Crippen LogP contribution in [0.1, 0.15) is 11.3 Å². The van der Waals surface area contributed by atoms with Crippen LogP contribution in [0.3, 0.4) is 0 Å². The van der Waals surface area contributed by atoms with Gasteiger partial charge in [0.1, 0.15) is 11.3 Å². The van der Waals surface area contributed by atoms with Crippen LogP contribution in [-0.4, -0.2) is 5.11 Å². The molecule has 3 rings (SSSR count). The molecule has 0 amide bonds. The van der Waals surface area contributed by atoms with Crippen molar-refractivity contribution in [2.75, 3.05) is 0 Å². The lowest BCUT2D eigenvalue weighted by molar-refractivity contribution is 0.0384. The Bertz CT molecular complexity index is 812. The highest BCUT2D eigenvalue weighted by Crippen LogP contribution is 2.34. The first-order valence-electron chi connectivity index (χ1n) is 6.43. The summed E-state index contributed by atoms with van der Waals surface area (Å²) in [6.45, 7) is -0.165. The molecule has 0 saturated carbocycles. The van der Waals surface area contributed by atoms with Gasteiger partial charge in [-0.2, -0.15) is 11.8 Å². The van der Waals surface area contributed by atoms with Crippen LogP contribution in [-0.2, 0) is 16.3 Å². The number of nitrogens with two attached hydrogens (primary N) is 2. The molecule has 3 aromatic rings. The van der Waals surface area contributed by atoms with Crippen LogP contribution in [0, 0.1) is 0 Å². The van der Waals surface area contributed by atoms with Gasteiger partial charge in [0.2, 0.25) is 0 Å². The van der Waals surface area contributed by atoms with E-state index in [1.807, 2.05) is 24.3 Å². The zero-order valence-corrected chi connectivity index (χ0v) is 11.5. The van der Waals surface area contributed by atoms with Gasteiger partial charge in [0, 0.05) is 10.9 Å². The molecule has 7 heteroatoms. The topological polar surface area (TPSA) is 117 Å². The molecule has 114 valence electrons. The van der Waals surface area contributed by atoms with E-state index < -0.39 is 0 Å². The van der Waals surface area contributed by atoms with Crippen LogP contribution in [0.4, 0.5) is 0 Å². The Hall–Kier alpha value is -2.74. The fourth-order valence-corrected chi connectivity index (χ4v) is 2.22. The first-order chi connectivity index (χ1) is 10.8. The molecule has 0 spiro atoms. The smallest absolute Gasteiger partial charge is 0.321 e. The Balaban J connectivity index is 2.05. The Morgan fingerprint density at radius 2 is 1.86 bits per heavy atom. The number of furan rings is 2. The maximum absolute atomic E-state index is 9.61. The van der Waals surface area contributed by atoms with Gasteiger partial charge >= 0.3 is 5.95 Å². The molecular formula is C15H14N2O5. The summed E-state index contributed by atoms with van der Waals surface area (Å²) in [6, 6.07) is 10.8. The average Bonchev–Trinajstić information content (AvgIpc) is 3.16. The average molecular weight is 302 g/mol. The molecule has 22 heavy (non-hydrogen) atoms. The summed E-state index contributed by atoms with van der Waals surface area (Å²) in [7, 11) is 0. The molecule has 0 saturated heterocycles. The summed E-state index contributed by atoms with van der Waals surface area (Å²) in [5.74, 6) is 11.2. The molecule has 0 aliphatic carbocycles. The summed E-state index contributed by atoms with van der Waals surface area (Å²) in [6.07, 6.45) is 1.38. The van der Waals surface area contributed by atoms with Crippen molar-refractivity contribution in [1.82, 2.24) is 0 Å². The van der Waals surface area contributed by atoms with Gasteiger partial charge < -0.3 is 23.6 Å². The minimum Gasteiger partial charge on any atom is -0.453 e. The van der Waals surface area contributed by atoms with Gasteiger partial charge in [-0.15, -0.1) is 0 Å². The van der Waals surface area contributed by atoms with Crippen LogP contribution >= 0.6 is 0 Å². The first kappa shape index (κ1) is 14.2. The lowest BCUT2D eigenvalue weighted by atomic mass is 10.1. The Kier molecular flexibility index (Phi) is 3.84. The molecule has 2 aromatic heterocycles. The summed E-state index contributed by atoms with van der Waals surface area (Å²) in [5, 5.41) is 10.4. The summed E-state index contributed by atoms with van der Waals surface area (Å²) in [5.41, 5.74) is 1.33. The van der Waals surface area contributed by atoms with Crippen LogP contribution in [0.15, 0.2) is 51.2 Å². The van der Waals surface area contributed by atoms with Crippen molar-refractivity contribution in [3.05, 3.63) is 53.7 Å². The van der Waals surface area contributed by atoms with E-state index in [0.717, 1.165) is 5.39 Å². The monoisotopic (exact) mass is 302 g/mol. The van der Waals surface area contributed by atoms with Gasteiger partial charge in [-0.1, -0.05) is 18.2 Å². The standard InChI is InChI=1S/C15H14N2O5/c16-21-14(22-17)7-9-5-6-13(19-9)15-11(8-18)10-3-1-2-4-12(10)20-15/h1-7,18H,8,16-17H2. The third-order valence-electron chi connectivity index (χ3n) is 3.20. The SMILES string of the molecule is NOC(=Cc1ccc(-c2oc3ccccc3c2CO)o1)ON. The van der Waals surface area contributed by atoms with E-state index in [-0.39, 0.29) is 12.6 Å². The zero-order chi connectivity index (χ0) is 15.5. The van der Waals surface area contributed by atoms with Gasteiger partial charge in [0.25, 0.3) is 0 Å². The van der Waals surface area contributed by atoms with Crippen LogP contribution in [0.5, 0.6) is 0 Å². The van der Waals surface area contributed by atoms with Gasteiger partial charge in [-0.3, -0.25) is 0 Å². The molecule has 0 aliphatic heterocycles. The van der Waals surface area contributed by atoms with Crippen LogP contribution in [0.25, 0.3) is 28.6 Å². The minimum atomic E-state index is -0.165. The zero-order valence-electron chi connectivity index (χ0n) is 11.5. The number of para-hydroxylation sites is 1. The van der Waals surface area contributed by atoms with Gasteiger partial charge in [0.15, 0.2) is 11.5 Å². The highest BCUT2D eigenvalue weighted by molar-refractivity contribution is 5.87. The van der Waals surface area contributed by atoms with E-state index in [2.05, 4.69) is 9.68 Å². The third kappa shape index (κ3) is 2.44. The maximum atomic E-state index is 9.61. The molecule has 0 fully saturated rings. The quantitative estimate of drug-likeness (QED) is 0.489. The number of benzene rings is 1. The van der Waals surface area contributed by atoms with Crippen molar-refractivity contribution >= 4 is 17.0 Å². The van der Waals surface area contributed by atoms with Crippen molar-refractivity contribution < 1.29 is 23.6 Å². The second-order valence-electron chi connectivity index (χ2n) is 4.47. The second-order valence-corrected chi connectivity index (χ2v) is 4.47. The number of hydrogen-bond acceptors (Lipinski definition) is 7. The number of hydrogen-bond donors (Lipinski definition) is 3. The van der Waals surface area contributed by atoms with E-state index in [4.69, 9.17) is 20.6 Å². The summed E-state index contributed by atoms with van der Waals surface area (Å²) >= 11 is 0. The van der Waals surface area contributed by atoms with Crippen LogP contribution < -0.4 is 11.8 Å². The van der Waals surface area contributed by atoms with E-state index in [1.165, 1.54) is 6.08 Å². The largest absolute Gasteiger partial charge is 0.453 e. The molecule has 2 heterocycles. The van der Waals surface area contributed by atoms with Crippen molar-refractivity contribution in [1.29, 1.82) is 0 Å². The Morgan fingerprint density at radius 3 is 2.59 bits per heavy atom. The Labute approximate surface area is 125 Å². The summed E-state index contributed by atoms with van der Waals surface area (Å²) in [4.78, 5) is 8.80. The maximum Gasteiger partial charge on any atom is 0.321 e. The lowest BCUT2D eigenvalue weighted by Crippen LogP contribution is -2.06. The molecule has 0 bridgehead atoms. The van der Waals surface area contributed by atoms with E-state index in [9.17, 15) is 5.11 Å². The fourth-order valence-electron chi connectivity index (χ4n) is 2.22. The highest BCUT2D eigenvalue weighted by Gasteiger charge is 2.17. The van der Waals surface area contributed by atoms with E-state index in [1.54, 1.807) is 12.1 Å². The lowest BCUT2D eigenvalue weighted by Gasteiger charge is -1.99. The minimum absolute atomic E-state index is 0.104. The molecule has 7 nitrogen and oxygen atoms in total. The number of aliphatic hydroxyl groups excluding tert-OH is 1. The van der Waals surface area contributed by atoms with Crippen molar-refractivity contribution in [2.45, 2.75) is 6.61 Å². The van der Waals surface area contributed by atoms with Crippen molar-refractivity contribution in [3.8, 4) is 11.5 Å². The molecule has 0 atom stereocenters. The van der Waals surface area contributed by atoms with Gasteiger partial charge in [-0.25, -0.2) is 0 Å².